The van der Waals surface area contributed by atoms with E-state index in [1.165, 1.54) is 12.0 Å². The Morgan fingerprint density at radius 1 is 1.05 bits per heavy atom. The van der Waals surface area contributed by atoms with Crippen molar-refractivity contribution in [2.24, 2.45) is 0 Å². The lowest BCUT2D eigenvalue weighted by molar-refractivity contribution is -0.122. The minimum atomic E-state index is -0.261. The molecule has 6 nitrogen and oxygen atoms in total. The van der Waals surface area contributed by atoms with E-state index in [1.807, 2.05) is 37.3 Å². The number of hydrogen-bond donors (Lipinski definition) is 2. The van der Waals surface area contributed by atoms with Gasteiger partial charge in [-0.25, -0.2) is 0 Å². The quantitative estimate of drug-likeness (QED) is 0.281. The molecule has 0 spiro atoms. The summed E-state index contributed by atoms with van der Waals surface area (Å²) in [5.74, 6) is 0.555. The normalized spacial score (nSPS) is 18.6. The number of likely N-dealkylation sites (tertiary alicyclic amines) is 1. The molecule has 212 valence electrons. The van der Waals surface area contributed by atoms with E-state index in [4.69, 9.17) is 27.9 Å². The minimum Gasteiger partial charge on any atom is -0.495 e. The first kappa shape index (κ1) is 28.7. The molecule has 2 atom stereocenters. The van der Waals surface area contributed by atoms with Crippen LogP contribution >= 0.6 is 23.2 Å². The highest BCUT2D eigenvalue weighted by Gasteiger charge is 2.35. The topological polar surface area (TPSA) is 56.8 Å². The summed E-state index contributed by atoms with van der Waals surface area (Å²) in [5, 5.41) is 7.93. The van der Waals surface area contributed by atoms with Crippen molar-refractivity contribution >= 4 is 34.8 Å². The molecule has 3 aromatic rings. The van der Waals surface area contributed by atoms with Gasteiger partial charge in [0.15, 0.2) is 0 Å². The molecule has 3 aromatic carbocycles. The number of methoxy groups -OCH3 is 1. The van der Waals surface area contributed by atoms with Gasteiger partial charge in [-0.15, -0.1) is 0 Å². The van der Waals surface area contributed by atoms with Crippen LogP contribution in [0.1, 0.15) is 41.0 Å². The Balaban J connectivity index is 1.14. The van der Waals surface area contributed by atoms with Gasteiger partial charge in [0.2, 0.25) is 5.91 Å². The first-order valence-corrected chi connectivity index (χ1v) is 14.8. The molecular formula is C32H38Cl2N4O2. The van der Waals surface area contributed by atoms with Crippen LogP contribution in [0.5, 0.6) is 5.75 Å². The van der Waals surface area contributed by atoms with Crippen LogP contribution in [0.15, 0.2) is 60.7 Å². The van der Waals surface area contributed by atoms with Crippen molar-refractivity contribution in [2.75, 3.05) is 44.7 Å². The zero-order valence-electron chi connectivity index (χ0n) is 23.3. The monoisotopic (exact) mass is 580 g/mol. The molecule has 5 rings (SSSR count). The second kappa shape index (κ2) is 13.3. The number of hydrogen-bond acceptors (Lipinski definition) is 5. The number of halogens is 2. The molecule has 8 heteroatoms. The van der Waals surface area contributed by atoms with E-state index in [1.54, 1.807) is 7.11 Å². The van der Waals surface area contributed by atoms with Crippen LogP contribution in [0, 0.1) is 6.92 Å². The number of fused-ring (bicyclic) bond motifs is 1. The molecule has 2 aliphatic rings. The number of rotatable bonds is 11. The number of amides is 1. The lowest BCUT2D eigenvalue weighted by Gasteiger charge is -2.22. The van der Waals surface area contributed by atoms with Crippen molar-refractivity contribution in [3.8, 4) is 5.75 Å². The van der Waals surface area contributed by atoms with Gasteiger partial charge in [-0.05, 0) is 60.7 Å². The van der Waals surface area contributed by atoms with Crippen LogP contribution in [0.3, 0.4) is 0 Å². The second-order valence-corrected chi connectivity index (χ2v) is 11.6. The Labute approximate surface area is 247 Å². The van der Waals surface area contributed by atoms with Crippen LogP contribution in [0.25, 0.3) is 0 Å². The Bertz CT molecular complexity index is 1300. The lowest BCUT2D eigenvalue weighted by Crippen LogP contribution is -2.35. The zero-order valence-corrected chi connectivity index (χ0v) is 24.8. The fraction of sp³-hybridized carbons (Fsp3) is 0.406. The highest BCUT2D eigenvalue weighted by atomic mass is 35.5. The first-order chi connectivity index (χ1) is 19.4. The van der Waals surface area contributed by atoms with Crippen LogP contribution in [0.4, 0.5) is 5.69 Å². The van der Waals surface area contributed by atoms with E-state index in [9.17, 15) is 4.79 Å². The number of benzene rings is 3. The van der Waals surface area contributed by atoms with E-state index in [0.717, 1.165) is 67.3 Å². The molecule has 0 saturated carbocycles. The lowest BCUT2D eigenvalue weighted by atomic mass is 10.00. The van der Waals surface area contributed by atoms with E-state index >= 15 is 0 Å². The number of carbonyl (C=O) groups excluding carboxylic acids is 1. The molecule has 40 heavy (non-hydrogen) atoms. The van der Waals surface area contributed by atoms with Gasteiger partial charge in [0.25, 0.3) is 0 Å². The molecule has 0 aliphatic carbocycles. The SMILES string of the molecule is COc1cccc2c1N(CCCNC1CCN(Cc3ccccc3)C1)CC2C(=O)NCc1cc(C)c(Cl)c(Cl)c1. The molecule has 2 heterocycles. The fourth-order valence-corrected chi connectivity index (χ4v) is 6.33. The fourth-order valence-electron chi connectivity index (χ4n) is 5.93. The molecule has 1 fully saturated rings. The molecule has 1 saturated heterocycles. The summed E-state index contributed by atoms with van der Waals surface area (Å²) < 4.78 is 5.71. The predicted molar refractivity (Wildman–Crippen MR) is 164 cm³/mol. The number of nitrogens with zero attached hydrogens (tertiary/aromatic N) is 2. The third kappa shape index (κ3) is 6.74. The van der Waals surface area contributed by atoms with Gasteiger partial charge in [-0.3, -0.25) is 9.69 Å². The second-order valence-electron chi connectivity index (χ2n) is 10.8. The smallest absolute Gasteiger partial charge is 0.229 e. The maximum absolute atomic E-state index is 13.4. The molecule has 2 aliphatic heterocycles. The van der Waals surface area contributed by atoms with Gasteiger partial charge in [0.05, 0.1) is 28.8 Å². The van der Waals surface area contributed by atoms with Crippen LogP contribution in [-0.2, 0) is 17.9 Å². The Morgan fingerprint density at radius 2 is 1.88 bits per heavy atom. The molecule has 1 amide bonds. The summed E-state index contributed by atoms with van der Waals surface area (Å²) in [4.78, 5) is 18.2. The average molecular weight is 582 g/mol. The minimum absolute atomic E-state index is 0.00307. The summed E-state index contributed by atoms with van der Waals surface area (Å²) >= 11 is 12.4. The van der Waals surface area contributed by atoms with Gasteiger partial charge >= 0.3 is 0 Å². The van der Waals surface area contributed by atoms with E-state index < -0.39 is 0 Å². The van der Waals surface area contributed by atoms with Crippen molar-refractivity contribution in [3.63, 3.8) is 0 Å². The maximum atomic E-state index is 13.4. The third-order valence-electron chi connectivity index (χ3n) is 7.96. The van der Waals surface area contributed by atoms with E-state index in [2.05, 4.69) is 50.8 Å². The van der Waals surface area contributed by atoms with Gasteiger partial charge in [-0.2, -0.15) is 0 Å². The van der Waals surface area contributed by atoms with Crippen molar-refractivity contribution < 1.29 is 9.53 Å². The van der Waals surface area contributed by atoms with Gasteiger partial charge < -0.3 is 20.3 Å². The summed E-state index contributed by atoms with van der Waals surface area (Å²) in [5.41, 5.74) is 5.25. The zero-order chi connectivity index (χ0) is 28.1. The molecule has 2 N–H and O–H groups in total. The summed E-state index contributed by atoms with van der Waals surface area (Å²) in [6.45, 7) is 7.97. The molecular weight excluding hydrogens is 543 g/mol. The number of anilines is 1. The Hall–Kier alpha value is -2.77. The van der Waals surface area contributed by atoms with Crippen molar-refractivity contribution in [3.05, 3.63) is 93.0 Å². The average Bonchev–Trinajstić information content (AvgIpc) is 3.57. The summed E-state index contributed by atoms with van der Waals surface area (Å²) in [7, 11) is 1.69. The summed E-state index contributed by atoms with van der Waals surface area (Å²) in [6, 6.07) is 21.0. The number of ether oxygens (including phenoxy) is 1. The highest BCUT2D eigenvalue weighted by molar-refractivity contribution is 6.42. The predicted octanol–water partition coefficient (Wildman–Crippen LogP) is 5.78. The third-order valence-corrected chi connectivity index (χ3v) is 8.85. The highest BCUT2D eigenvalue weighted by Crippen LogP contribution is 2.43. The molecule has 0 bridgehead atoms. The number of carbonyl (C=O) groups is 1. The van der Waals surface area contributed by atoms with Crippen molar-refractivity contribution in [1.29, 1.82) is 0 Å². The maximum Gasteiger partial charge on any atom is 0.229 e. The summed E-state index contributed by atoms with van der Waals surface area (Å²) in [6.07, 6.45) is 2.16. The van der Waals surface area contributed by atoms with Crippen LogP contribution in [-0.4, -0.2) is 56.7 Å². The Morgan fingerprint density at radius 3 is 2.65 bits per heavy atom. The van der Waals surface area contributed by atoms with E-state index in [0.29, 0.717) is 29.2 Å². The van der Waals surface area contributed by atoms with Crippen LogP contribution < -0.4 is 20.3 Å². The number of aryl methyl sites for hydroxylation is 1. The van der Waals surface area contributed by atoms with Gasteiger partial charge in [0.1, 0.15) is 5.75 Å². The van der Waals surface area contributed by atoms with E-state index in [-0.39, 0.29) is 11.8 Å². The van der Waals surface area contributed by atoms with Gasteiger partial charge in [-0.1, -0.05) is 71.7 Å². The van der Waals surface area contributed by atoms with Crippen molar-refractivity contribution in [2.45, 2.75) is 44.8 Å². The number of nitrogens with one attached hydrogen (secondary N) is 2. The standard InChI is InChI=1S/C32H38Cl2N4O2/c1-22-16-24(17-28(33)30(22)34)18-36-32(39)27-21-38(31-26(27)10-6-11-29(31)40-2)14-7-13-35-25-12-15-37(20-25)19-23-8-4-3-5-9-23/h3-6,8-11,16-17,25,27,35H,7,12-15,18-21H2,1-2H3,(H,36,39). The molecule has 0 radical (unpaired) electrons. The number of para-hydroxylation sites is 1. The van der Waals surface area contributed by atoms with Crippen LogP contribution in [0.2, 0.25) is 10.0 Å². The van der Waals surface area contributed by atoms with Gasteiger partial charge in [0, 0.05) is 45.3 Å². The Kier molecular flexibility index (Phi) is 9.53. The first-order valence-electron chi connectivity index (χ1n) is 14.1. The largest absolute Gasteiger partial charge is 0.495 e. The van der Waals surface area contributed by atoms with Crippen molar-refractivity contribution in [1.82, 2.24) is 15.5 Å². The molecule has 0 aromatic heterocycles. The molecule has 2 unspecified atom stereocenters.